The molecule has 0 saturated heterocycles. The Kier molecular flexibility index (Phi) is 2.62. The summed E-state index contributed by atoms with van der Waals surface area (Å²) in [6, 6.07) is 0.228. The van der Waals surface area contributed by atoms with Gasteiger partial charge in [-0.15, -0.1) is 5.10 Å². The molecule has 1 aromatic heterocycles. The number of methoxy groups -OCH3 is 1. The molecule has 2 aliphatic carbocycles. The first kappa shape index (κ1) is 11.6. The average Bonchev–Trinajstić information content (AvgIpc) is 2.68. The Hall–Kier alpha value is -1.43. The van der Waals surface area contributed by atoms with Crippen LogP contribution in [0, 0.1) is 5.41 Å². The van der Waals surface area contributed by atoms with E-state index in [2.05, 4.69) is 15.6 Å². The predicted octanol–water partition coefficient (Wildman–Crippen LogP) is 0.502. The van der Waals surface area contributed by atoms with Crippen molar-refractivity contribution in [2.75, 3.05) is 7.11 Å². The normalized spacial score (nSPS) is 28.6. The maximum atomic E-state index is 12.0. The Morgan fingerprint density at radius 3 is 2.89 bits per heavy atom. The molecule has 98 valence electrons. The fourth-order valence-electron chi connectivity index (χ4n) is 3.22. The summed E-state index contributed by atoms with van der Waals surface area (Å²) in [5.41, 5.74) is 0.569. The van der Waals surface area contributed by atoms with Crippen molar-refractivity contribution in [2.24, 2.45) is 12.5 Å². The van der Waals surface area contributed by atoms with Crippen LogP contribution in [0.3, 0.4) is 0 Å². The van der Waals surface area contributed by atoms with Crippen LogP contribution in [0.2, 0.25) is 0 Å². The van der Waals surface area contributed by atoms with Crippen molar-refractivity contribution in [1.82, 2.24) is 20.3 Å². The van der Waals surface area contributed by atoms with Gasteiger partial charge in [0.25, 0.3) is 5.91 Å². The third kappa shape index (κ3) is 1.55. The molecule has 0 bridgehead atoms. The molecule has 6 heteroatoms. The second kappa shape index (κ2) is 4.05. The molecule has 1 heterocycles. The zero-order valence-corrected chi connectivity index (χ0v) is 10.7. The van der Waals surface area contributed by atoms with Crippen LogP contribution in [0.4, 0.5) is 0 Å². The van der Waals surface area contributed by atoms with E-state index in [4.69, 9.17) is 4.74 Å². The second-order valence-electron chi connectivity index (χ2n) is 5.35. The van der Waals surface area contributed by atoms with Crippen LogP contribution >= 0.6 is 0 Å². The molecule has 18 heavy (non-hydrogen) atoms. The van der Waals surface area contributed by atoms with Crippen molar-refractivity contribution in [3.05, 3.63) is 11.9 Å². The Morgan fingerprint density at radius 2 is 2.39 bits per heavy atom. The minimum atomic E-state index is -0.131. The van der Waals surface area contributed by atoms with Gasteiger partial charge < -0.3 is 10.1 Å². The molecule has 3 rings (SSSR count). The fourth-order valence-corrected chi connectivity index (χ4v) is 3.22. The SMILES string of the molecule is COC1CC(NC(=O)c2cn(C)nn2)C12CCC2. The Bertz CT molecular complexity index is 466. The summed E-state index contributed by atoms with van der Waals surface area (Å²) >= 11 is 0. The lowest BCUT2D eigenvalue weighted by atomic mass is 9.51. The highest BCUT2D eigenvalue weighted by molar-refractivity contribution is 5.92. The van der Waals surface area contributed by atoms with E-state index in [0.29, 0.717) is 11.8 Å². The molecule has 2 unspecified atom stereocenters. The van der Waals surface area contributed by atoms with Crippen LogP contribution in [0.5, 0.6) is 0 Å². The Labute approximate surface area is 106 Å². The summed E-state index contributed by atoms with van der Waals surface area (Å²) in [5.74, 6) is -0.131. The van der Waals surface area contributed by atoms with Crippen LogP contribution in [-0.4, -0.2) is 40.2 Å². The van der Waals surface area contributed by atoms with Gasteiger partial charge in [-0.05, 0) is 19.3 Å². The highest BCUT2D eigenvalue weighted by Gasteiger charge is 2.59. The van der Waals surface area contributed by atoms with Gasteiger partial charge in [0.2, 0.25) is 0 Å². The van der Waals surface area contributed by atoms with Gasteiger partial charge in [-0.3, -0.25) is 9.48 Å². The van der Waals surface area contributed by atoms with Gasteiger partial charge in [-0.2, -0.15) is 0 Å². The van der Waals surface area contributed by atoms with Gasteiger partial charge in [0.05, 0.1) is 12.3 Å². The summed E-state index contributed by atoms with van der Waals surface area (Å²) in [7, 11) is 3.51. The van der Waals surface area contributed by atoms with E-state index in [1.165, 1.54) is 11.1 Å². The quantitative estimate of drug-likeness (QED) is 0.848. The van der Waals surface area contributed by atoms with Crippen LogP contribution in [0.1, 0.15) is 36.2 Å². The van der Waals surface area contributed by atoms with Crippen LogP contribution < -0.4 is 5.32 Å². The van der Waals surface area contributed by atoms with Crippen molar-refractivity contribution >= 4 is 5.91 Å². The standard InChI is InChI=1S/C12H18N4O2/c1-16-7-8(14-15-16)11(17)13-9-6-10(18-2)12(9)4-3-5-12/h7,9-10H,3-6H2,1-2H3,(H,13,17). The van der Waals surface area contributed by atoms with Crippen molar-refractivity contribution in [3.63, 3.8) is 0 Å². The largest absolute Gasteiger partial charge is 0.381 e. The monoisotopic (exact) mass is 250 g/mol. The number of nitrogens with zero attached hydrogens (tertiary/aromatic N) is 3. The van der Waals surface area contributed by atoms with E-state index in [9.17, 15) is 4.79 Å². The van der Waals surface area contributed by atoms with E-state index >= 15 is 0 Å². The molecular formula is C12H18N4O2. The molecule has 1 spiro atoms. The van der Waals surface area contributed by atoms with Gasteiger partial charge in [0.15, 0.2) is 5.69 Å². The molecule has 2 aliphatic rings. The molecule has 2 fully saturated rings. The Balaban J connectivity index is 1.66. The maximum absolute atomic E-state index is 12.0. The number of aromatic nitrogens is 3. The van der Waals surface area contributed by atoms with Crippen LogP contribution in [-0.2, 0) is 11.8 Å². The number of hydrogen-bond donors (Lipinski definition) is 1. The molecule has 2 atom stereocenters. The van der Waals surface area contributed by atoms with Crippen molar-refractivity contribution < 1.29 is 9.53 Å². The predicted molar refractivity (Wildman–Crippen MR) is 64.0 cm³/mol. The molecular weight excluding hydrogens is 232 g/mol. The lowest BCUT2D eigenvalue weighted by Crippen LogP contribution is -2.67. The van der Waals surface area contributed by atoms with Crippen LogP contribution in [0.15, 0.2) is 6.20 Å². The summed E-state index contributed by atoms with van der Waals surface area (Å²) in [4.78, 5) is 12.0. The zero-order valence-electron chi connectivity index (χ0n) is 10.7. The number of carbonyl (C=O) groups is 1. The van der Waals surface area contributed by atoms with E-state index in [1.54, 1.807) is 20.4 Å². The van der Waals surface area contributed by atoms with Crippen LogP contribution in [0.25, 0.3) is 0 Å². The summed E-state index contributed by atoms with van der Waals surface area (Å²) in [6.07, 6.45) is 6.38. The van der Waals surface area contributed by atoms with Gasteiger partial charge in [-0.1, -0.05) is 11.6 Å². The van der Waals surface area contributed by atoms with Gasteiger partial charge in [-0.25, -0.2) is 0 Å². The van der Waals surface area contributed by atoms with Crippen molar-refractivity contribution in [3.8, 4) is 0 Å². The number of hydrogen-bond acceptors (Lipinski definition) is 4. The Morgan fingerprint density at radius 1 is 1.61 bits per heavy atom. The number of aryl methyl sites for hydroxylation is 1. The molecule has 0 aliphatic heterocycles. The average molecular weight is 250 g/mol. The third-order valence-corrected chi connectivity index (χ3v) is 4.49. The number of ether oxygens (including phenoxy) is 1. The molecule has 1 amide bonds. The molecule has 2 saturated carbocycles. The molecule has 1 N–H and O–H groups in total. The zero-order chi connectivity index (χ0) is 12.8. The van der Waals surface area contributed by atoms with E-state index in [0.717, 1.165) is 19.3 Å². The smallest absolute Gasteiger partial charge is 0.273 e. The molecule has 1 aromatic rings. The minimum Gasteiger partial charge on any atom is -0.381 e. The number of carbonyl (C=O) groups excluding carboxylic acids is 1. The second-order valence-corrected chi connectivity index (χ2v) is 5.35. The number of rotatable bonds is 3. The lowest BCUT2D eigenvalue weighted by molar-refractivity contribution is -0.158. The highest BCUT2D eigenvalue weighted by Crippen LogP contribution is 2.57. The minimum absolute atomic E-state index is 0.131. The highest BCUT2D eigenvalue weighted by atomic mass is 16.5. The first-order valence-corrected chi connectivity index (χ1v) is 6.36. The summed E-state index contributed by atoms with van der Waals surface area (Å²) in [6.45, 7) is 0. The van der Waals surface area contributed by atoms with Gasteiger partial charge in [0.1, 0.15) is 0 Å². The van der Waals surface area contributed by atoms with E-state index in [1.807, 2.05) is 0 Å². The maximum Gasteiger partial charge on any atom is 0.273 e. The fraction of sp³-hybridized carbons (Fsp3) is 0.750. The lowest BCUT2D eigenvalue weighted by Gasteiger charge is -2.60. The third-order valence-electron chi connectivity index (χ3n) is 4.49. The van der Waals surface area contributed by atoms with Gasteiger partial charge >= 0.3 is 0 Å². The number of nitrogens with one attached hydrogen (secondary N) is 1. The first-order valence-electron chi connectivity index (χ1n) is 6.36. The van der Waals surface area contributed by atoms with E-state index in [-0.39, 0.29) is 17.4 Å². The van der Waals surface area contributed by atoms with Crippen molar-refractivity contribution in [2.45, 2.75) is 37.8 Å². The molecule has 6 nitrogen and oxygen atoms in total. The van der Waals surface area contributed by atoms with Gasteiger partial charge in [0, 0.05) is 25.6 Å². The first-order chi connectivity index (χ1) is 8.65. The summed E-state index contributed by atoms with van der Waals surface area (Å²) in [5, 5.41) is 10.7. The number of amides is 1. The summed E-state index contributed by atoms with van der Waals surface area (Å²) < 4.78 is 7.02. The van der Waals surface area contributed by atoms with Crippen molar-refractivity contribution in [1.29, 1.82) is 0 Å². The van der Waals surface area contributed by atoms with E-state index < -0.39 is 0 Å². The molecule has 0 aromatic carbocycles. The molecule has 0 radical (unpaired) electrons. The topological polar surface area (TPSA) is 69.0 Å².